The smallest absolute Gasteiger partial charge is 0.219 e. The summed E-state index contributed by atoms with van der Waals surface area (Å²) in [5.41, 5.74) is 2.99. The van der Waals surface area contributed by atoms with Crippen LogP contribution in [0.4, 0.5) is 0 Å². The number of carbonyl (C=O) groups excluding carboxylic acids is 1. The van der Waals surface area contributed by atoms with Crippen LogP contribution < -0.4 is 0 Å². The number of carbonyl (C=O) groups is 1. The SMILES string of the molecule is CC(=O)N1CCc2c(sc(C)c2CCCCl)C1. The second-order valence-electron chi connectivity index (χ2n) is 4.52. The molecule has 2 nitrogen and oxygen atoms in total. The van der Waals surface area contributed by atoms with Gasteiger partial charge in [0.25, 0.3) is 0 Å². The molecule has 0 saturated heterocycles. The minimum Gasteiger partial charge on any atom is -0.337 e. The molecule has 0 fully saturated rings. The third kappa shape index (κ3) is 2.66. The van der Waals surface area contributed by atoms with Crippen LogP contribution >= 0.6 is 22.9 Å². The Morgan fingerprint density at radius 3 is 2.94 bits per heavy atom. The molecule has 0 saturated carbocycles. The zero-order chi connectivity index (χ0) is 12.4. The van der Waals surface area contributed by atoms with Crippen molar-refractivity contribution >= 4 is 28.8 Å². The van der Waals surface area contributed by atoms with Crippen molar-refractivity contribution in [2.24, 2.45) is 0 Å². The topological polar surface area (TPSA) is 20.3 Å². The molecule has 1 aromatic rings. The van der Waals surface area contributed by atoms with E-state index < -0.39 is 0 Å². The zero-order valence-electron chi connectivity index (χ0n) is 10.4. The van der Waals surface area contributed by atoms with Crippen molar-refractivity contribution in [1.82, 2.24) is 4.90 Å². The molecule has 0 spiro atoms. The largest absolute Gasteiger partial charge is 0.337 e. The van der Waals surface area contributed by atoms with Crippen molar-refractivity contribution in [1.29, 1.82) is 0 Å². The molecular formula is C13H18ClNOS. The van der Waals surface area contributed by atoms with Gasteiger partial charge in [-0.15, -0.1) is 22.9 Å². The quantitative estimate of drug-likeness (QED) is 0.774. The molecule has 0 bridgehead atoms. The van der Waals surface area contributed by atoms with Crippen molar-refractivity contribution in [2.75, 3.05) is 12.4 Å². The Morgan fingerprint density at radius 1 is 1.53 bits per heavy atom. The number of thiophene rings is 1. The van der Waals surface area contributed by atoms with Gasteiger partial charge < -0.3 is 4.90 Å². The van der Waals surface area contributed by atoms with E-state index in [1.54, 1.807) is 6.92 Å². The van der Waals surface area contributed by atoms with Gasteiger partial charge in [-0.25, -0.2) is 0 Å². The number of amides is 1. The van der Waals surface area contributed by atoms with Crippen molar-refractivity contribution in [2.45, 2.75) is 39.7 Å². The molecule has 4 heteroatoms. The van der Waals surface area contributed by atoms with Crippen molar-refractivity contribution in [3.8, 4) is 0 Å². The third-order valence-corrected chi connectivity index (χ3v) is 4.82. The fraction of sp³-hybridized carbons (Fsp3) is 0.615. The highest BCUT2D eigenvalue weighted by atomic mass is 35.5. The minimum atomic E-state index is 0.184. The van der Waals surface area contributed by atoms with Gasteiger partial charge in [0.2, 0.25) is 5.91 Å². The predicted octanol–water partition coefficient (Wildman–Crippen LogP) is 3.13. The van der Waals surface area contributed by atoms with E-state index in [2.05, 4.69) is 6.92 Å². The molecule has 2 rings (SSSR count). The van der Waals surface area contributed by atoms with E-state index in [4.69, 9.17) is 11.6 Å². The molecule has 0 aliphatic carbocycles. The van der Waals surface area contributed by atoms with Crippen LogP contribution in [0.5, 0.6) is 0 Å². The molecule has 0 unspecified atom stereocenters. The molecule has 0 N–H and O–H groups in total. The average molecular weight is 272 g/mol. The summed E-state index contributed by atoms with van der Waals surface area (Å²) in [5, 5.41) is 0. The van der Waals surface area contributed by atoms with Gasteiger partial charge in [0, 0.05) is 29.1 Å². The average Bonchev–Trinajstić information content (AvgIpc) is 2.61. The first-order chi connectivity index (χ1) is 8.13. The summed E-state index contributed by atoms with van der Waals surface area (Å²) in [6.07, 6.45) is 3.14. The Bertz CT molecular complexity index is 427. The lowest BCUT2D eigenvalue weighted by atomic mass is 9.98. The molecular weight excluding hydrogens is 254 g/mol. The van der Waals surface area contributed by atoms with E-state index in [0.717, 1.165) is 38.2 Å². The monoisotopic (exact) mass is 271 g/mol. The van der Waals surface area contributed by atoms with E-state index in [1.165, 1.54) is 20.9 Å². The Hall–Kier alpha value is -0.540. The lowest BCUT2D eigenvalue weighted by Crippen LogP contribution is -2.33. The second-order valence-corrected chi connectivity index (χ2v) is 6.21. The summed E-state index contributed by atoms with van der Waals surface area (Å²) in [6, 6.07) is 0. The normalized spacial score (nSPS) is 14.9. The van der Waals surface area contributed by atoms with Gasteiger partial charge in [0.05, 0.1) is 6.54 Å². The van der Waals surface area contributed by atoms with Gasteiger partial charge in [0.1, 0.15) is 0 Å². The van der Waals surface area contributed by atoms with Crippen LogP contribution in [0.15, 0.2) is 0 Å². The van der Waals surface area contributed by atoms with Crippen molar-refractivity contribution < 1.29 is 4.79 Å². The highest BCUT2D eigenvalue weighted by Crippen LogP contribution is 2.33. The molecule has 1 aliphatic rings. The standard InChI is InChI=1S/C13H18ClNOS/c1-9-11(4-3-6-14)12-5-7-15(10(2)16)8-13(12)17-9/h3-8H2,1-2H3. The van der Waals surface area contributed by atoms with Gasteiger partial charge in [-0.2, -0.15) is 0 Å². The van der Waals surface area contributed by atoms with Crippen LogP contribution in [0.1, 0.15) is 34.2 Å². The van der Waals surface area contributed by atoms with Crippen LogP contribution in [-0.4, -0.2) is 23.2 Å². The fourth-order valence-corrected chi connectivity index (χ4v) is 3.87. The summed E-state index contributed by atoms with van der Waals surface area (Å²) >= 11 is 7.62. The van der Waals surface area contributed by atoms with Crippen molar-refractivity contribution in [3.63, 3.8) is 0 Å². The number of halogens is 1. The molecule has 1 aliphatic heterocycles. The van der Waals surface area contributed by atoms with E-state index in [1.807, 2.05) is 16.2 Å². The highest BCUT2D eigenvalue weighted by Gasteiger charge is 2.23. The van der Waals surface area contributed by atoms with Gasteiger partial charge >= 0.3 is 0 Å². The molecule has 0 aromatic carbocycles. The summed E-state index contributed by atoms with van der Waals surface area (Å²) in [4.78, 5) is 16.1. The molecule has 0 radical (unpaired) electrons. The van der Waals surface area contributed by atoms with Crippen LogP contribution in [0, 0.1) is 6.92 Å². The number of hydrogen-bond acceptors (Lipinski definition) is 2. The Labute approximate surface area is 112 Å². The Kier molecular flexibility index (Phi) is 4.10. The molecule has 0 atom stereocenters. The maximum Gasteiger partial charge on any atom is 0.219 e. The lowest BCUT2D eigenvalue weighted by molar-refractivity contribution is -0.129. The second kappa shape index (κ2) is 5.40. The van der Waals surface area contributed by atoms with Gasteiger partial charge in [-0.3, -0.25) is 4.79 Å². The summed E-state index contributed by atoms with van der Waals surface area (Å²) in [5.74, 6) is 0.910. The number of rotatable bonds is 3. The molecule has 1 aromatic heterocycles. The van der Waals surface area contributed by atoms with Gasteiger partial charge in [0.15, 0.2) is 0 Å². The maximum absolute atomic E-state index is 11.4. The number of hydrogen-bond donors (Lipinski definition) is 0. The van der Waals surface area contributed by atoms with Crippen LogP contribution in [0.3, 0.4) is 0 Å². The van der Waals surface area contributed by atoms with Crippen LogP contribution in [-0.2, 0) is 24.2 Å². The highest BCUT2D eigenvalue weighted by molar-refractivity contribution is 7.12. The van der Waals surface area contributed by atoms with Crippen LogP contribution in [0.2, 0.25) is 0 Å². The van der Waals surface area contributed by atoms with E-state index in [9.17, 15) is 4.79 Å². The molecule has 17 heavy (non-hydrogen) atoms. The van der Waals surface area contributed by atoms with Crippen molar-refractivity contribution in [3.05, 3.63) is 20.9 Å². The van der Waals surface area contributed by atoms with Crippen LogP contribution in [0.25, 0.3) is 0 Å². The molecule has 94 valence electrons. The molecule has 2 heterocycles. The summed E-state index contributed by atoms with van der Waals surface area (Å²) < 4.78 is 0. The zero-order valence-corrected chi connectivity index (χ0v) is 12.0. The number of fused-ring (bicyclic) bond motifs is 1. The first kappa shape index (κ1) is 12.9. The van der Waals surface area contributed by atoms with E-state index in [0.29, 0.717) is 0 Å². The minimum absolute atomic E-state index is 0.184. The summed E-state index contributed by atoms with van der Waals surface area (Å²) in [7, 11) is 0. The summed E-state index contributed by atoms with van der Waals surface area (Å²) in [6.45, 7) is 5.51. The van der Waals surface area contributed by atoms with E-state index >= 15 is 0 Å². The number of nitrogens with zero attached hydrogens (tertiary/aromatic N) is 1. The third-order valence-electron chi connectivity index (χ3n) is 3.37. The maximum atomic E-state index is 11.4. The predicted molar refractivity (Wildman–Crippen MR) is 72.9 cm³/mol. The number of alkyl halides is 1. The molecule has 1 amide bonds. The van der Waals surface area contributed by atoms with Gasteiger partial charge in [-0.1, -0.05) is 0 Å². The first-order valence-corrected chi connectivity index (χ1v) is 7.40. The first-order valence-electron chi connectivity index (χ1n) is 6.05. The Morgan fingerprint density at radius 2 is 2.29 bits per heavy atom. The number of aryl methyl sites for hydroxylation is 1. The Balaban J connectivity index is 2.21. The van der Waals surface area contributed by atoms with E-state index in [-0.39, 0.29) is 5.91 Å². The lowest BCUT2D eigenvalue weighted by Gasteiger charge is -2.26. The van der Waals surface area contributed by atoms with Gasteiger partial charge in [-0.05, 0) is 37.3 Å². The fourth-order valence-electron chi connectivity index (χ4n) is 2.45.